The molecule has 0 radical (unpaired) electrons. The number of carbonyl (C=O) groups excluding carboxylic acids is 2. The smallest absolute Gasteiger partial charge is 0.337 e. The van der Waals surface area contributed by atoms with Gasteiger partial charge in [0.1, 0.15) is 6.04 Å². The Labute approximate surface area is 67.6 Å². The van der Waals surface area contributed by atoms with Crippen LogP contribution in [0.3, 0.4) is 0 Å². The molecule has 0 spiro atoms. The molecule has 0 aromatic rings. The number of nitrogens with two attached hydrogens (primary N) is 1. The first-order valence-electron chi connectivity index (χ1n) is 3.03. The summed E-state index contributed by atoms with van der Waals surface area (Å²) in [4.78, 5) is 21.3. The molecule has 1 fully saturated rings. The average molecular weight is 177 g/mol. The zero-order valence-corrected chi connectivity index (χ0v) is 6.43. The van der Waals surface area contributed by atoms with E-state index in [9.17, 15) is 9.59 Å². The number of carbonyl (C=O) groups is 2. The van der Waals surface area contributed by atoms with Crippen molar-refractivity contribution in [3.8, 4) is 0 Å². The Kier molecular flexibility index (Phi) is 2.72. The van der Waals surface area contributed by atoms with Gasteiger partial charge in [-0.15, -0.1) is 0 Å². The van der Waals surface area contributed by atoms with E-state index in [2.05, 4.69) is 8.37 Å². The molecule has 1 aliphatic rings. The average Bonchev–Trinajstić information content (AvgIpc) is 1.98. The normalized spacial score (nSPS) is 26.5. The monoisotopic (exact) mass is 177 g/mol. The third-order valence-corrected chi connectivity index (χ3v) is 1.69. The van der Waals surface area contributed by atoms with Crippen LogP contribution in [0.5, 0.6) is 0 Å². The summed E-state index contributed by atoms with van der Waals surface area (Å²) in [6, 6.07) is -0.713. The van der Waals surface area contributed by atoms with Crippen molar-refractivity contribution in [3.63, 3.8) is 0 Å². The lowest BCUT2D eigenvalue weighted by Crippen LogP contribution is -2.33. The molecule has 0 aliphatic carbocycles. The third-order valence-electron chi connectivity index (χ3n) is 1.21. The minimum Gasteiger partial charge on any atom is -0.355 e. The van der Waals surface area contributed by atoms with Gasteiger partial charge in [-0.25, -0.2) is 4.79 Å². The lowest BCUT2D eigenvalue weighted by atomic mass is 10.2. The van der Waals surface area contributed by atoms with Crippen LogP contribution in [0, 0.1) is 0 Å². The Morgan fingerprint density at radius 1 is 1.45 bits per heavy atom. The first-order valence-corrected chi connectivity index (χ1v) is 3.70. The first-order chi connectivity index (χ1) is 5.20. The Morgan fingerprint density at radius 3 is 2.91 bits per heavy atom. The van der Waals surface area contributed by atoms with Crippen LogP contribution in [0.1, 0.15) is 12.8 Å². The van der Waals surface area contributed by atoms with Crippen LogP contribution in [0.4, 0.5) is 0 Å². The Balaban J connectivity index is 2.47. The van der Waals surface area contributed by atoms with Crippen molar-refractivity contribution in [2.75, 3.05) is 0 Å². The second-order valence-corrected chi connectivity index (χ2v) is 2.54. The van der Waals surface area contributed by atoms with Crippen molar-refractivity contribution >= 4 is 24.3 Å². The van der Waals surface area contributed by atoms with Gasteiger partial charge < -0.3 is 14.1 Å². The zero-order chi connectivity index (χ0) is 8.27. The SMILES string of the molecule is N[C@H]1CCC(=O)OSOC1=O. The molecule has 0 amide bonds. The molecule has 2 N–H and O–H groups in total. The summed E-state index contributed by atoms with van der Waals surface area (Å²) in [5, 5.41) is 0. The molecule has 1 aliphatic heterocycles. The number of rotatable bonds is 0. The lowest BCUT2D eigenvalue weighted by Gasteiger charge is -2.11. The highest BCUT2D eigenvalue weighted by atomic mass is 32.2. The van der Waals surface area contributed by atoms with Gasteiger partial charge in [-0.2, -0.15) is 0 Å². The summed E-state index contributed by atoms with van der Waals surface area (Å²) in [5.41, 5.74) is 5.31. The fraction of sp³-hybridized carbons (Fsp3) is 0.600. The van der Waals surface area contributed by atoms with Crippen molar-refractivity contribution in [2.24, 2.45) is 5.73 Å². The van der Waals surface area contributed by atoms with Gasteiger partial charge in [0, 0.05) is 6.42 Å². The maximum absolute atomic E-state index is 10.7. The van der Waals surface area contributed by atoms with Crippen molar-refractivity contribution in [1.29, 1.82) is 0 Å². The maximum atomic E-state index is 10.7. The van der Waals surface area contributed by atoms with E-state index >= 15 is 0 Å². The van der Waals surface area contributed by atoms with E-state index in [1.165, 1.54) is 0 Å². The van der Waals surface area contributed by atoms with Gasteiger partial charge in [-0.1, -0.05) is 0 Å². The largest absolute Gasteiger partial charge is 0.355 e. The van der Waals surface area contributed by atoms with E-state index in [-0.39, 0.29) is 12.8 Å². The second-order valence-electron chi connectivity index (χ2n) is 2.07. The molecule has 1 atom stereocenters. The molecule has 1 rings (SSSR count). The molecular formula is C5H7NO4S. The number of hydrogen-bond donors (Lipinski definition) is 1. The summed E-state index contributed by atoms with van der Waals surface area (Å²) in [6.45, 7) is 0. The zero-order valence-electron chi connectivity index (χ0n) is 5.61. The highest BCUT2D eigenvalue weighted by Gasteiger charge is 2.21. The standard InChI is InChI=1S/C5H7NO4S/c6-3-1-2-4(7)9-11-10-5(3)8/h3H,1-2,6H2/t3-/m0/s1. The van der Waals surface area contributed by atoms with Crippen LogP contribution in [-0.4, -0.2) is 18.0 Å². The van der Waals surface area contributed by atoms with Crippen LogP contribution < -0.4 is 5.73 Å². The van der Waals surface area contributed by atoms with Crippen LogP contribution in [-0.2, 0) is 18.0 Å². The van der Waals surface area contributed by atoms with Gasteiger partial charge in [-0.3, -0.25) is 4.79 Å². The maximum Gasteiger partial charge on any atom is 0.337 e. The first kappa shape index (κ1) is 8.35. The molecule has 0 bridgehead atoms. The van der Waals surface area contributed by atoms with Crippen LogP contribution >= 0.6 is 12.3 Å². The Bertz CT molecular complexity index is 183. The molecule has 0 saturated carbocycles. The number of hydrogen-bond acceptors (Lipinski definition) is 6. The highest BCUT2D eigenvalue weighted by Crippen LogP contribution is 2.14. The highest BCUT2D eigenvalue weighted by molar-refractivity contribution is 7.90. The Hall–Kier alpha value is -0.750. The minimum absolute atomic E-state index is 0.156. The third kappa shape index (κ3) is 2.39. The van der Waals surface area contributed by atoms with Gasteiger partial charge >= 0.3 is 11.9 Å². The predicted octanol–water partition coefficient (Wildman–Crippen LogP) is -0.243. The fourth-order valence-corrected chi connectivity index (χ4v) is 0.967. The van der Waals surface area contributed by atoms with Crippen molar-refractivity contribution in [3.05, 3.63) is 0 Å². The van der Waals surface area contributed by atoms with Crippen LogP contribution in [0.15, 0.2) is 0 Å². The van der Waals surface area contributed by atoms with Gasteiger partial charge in [0.25, 0.3) is 12.3 Å². The molecule has 0 unspecified atom stereocenters. The summed E-state index contributed by atoms with van der Waals surface area (Å²) < 4.78 is 8.76. The van der Waals surface area contributed by atoms with Crippen molar-refractivity contribution in [2.45, 2.75) is 18.9 Å². The van der Waals surface area contributed by atoms with E-state index in [1.54, 1.807) is 0 Å². The summed E-state index contributed by atoms with van der Waals surface area (Å²) in [7, 11) is 0. The molecule has 0 aromatic heterocycles. The minimum atomic E-state index is -0.713. The molecule has 6 heteroatoms. The molecule has 5 nitrogen and oxygen atoms in total. The molecular weight excluding hydrogens is 170 g/mol. The van der Waals surface area contributed by atoms with Crippen LogP contribution in [0.2, 0.25) is 0 Å². The fourth-order valence-electron chi connectivity index (χ4n) is 0.583. The molecule has 0 aromatic carbocycles. The molecule has 11 heavy (non-hydrogen) atoms. The van der Waals surface area contributed by atoms with Crippen LogP contribution in [0.25, 0.3) is 0 Å². The van der Waals surface area contributed by atoms with E-state index in [0.29, 0.717) is 12.3 Å². The lowest BCUT2D eigenvalue weighted by molar-refractivity contribution is -0.139. The Morgan fingerprint density at radius 2 is 2.18 bits per heavy atom. The van der Waals surface area contributed by atoms with E-state index < -0.39 is 18.0 Å². The summed E-state index contributed by atoms with van der Waals surface area (Å²) >= 11 is 0.370. The van der Waals surface area contributed by atoms with Gasteiger partial charge in [0.2, 0.25) is 0 Å². The van der Waals surface area contributed by atoms with E-state index in [4.69, 9.17) is 5.73 Å². The van der Waals surface area contributed by atoms with E-state index in [1.807, 2.05) is 0 Å². The predicted molar refractivity (Wildman–Crippen MR) is 37.0 cm³/mol. The topological polar surface area (TPSA) is 78.6 Å². The van der Waals surface area contributed by atoms with Crippen molar-refractivity contribution < 1.29 is 18.0 Å². The van der Waals surface area contributed by atoms with E-state index in [0.717, 1.165) is 0 Å². The summed E-state index contributed by atoms with van der Waals surface area (Å²) in [6.07, 6.45) is 0.432. The quantitative estimate of drug-likeness (QED) is 0.514. The van der Waals surface area contributed by atoms with Gasteiger partial charge in [0.15, 0.2) is 0 Å². The van der Waals surface area contributed by atoms with Crippen molar-refractivity contribution in [1.82, 2.24) is 0 Å². The van der Waals surface area contributed by atoms with Gasteiger partial charge in [0.05, 0.1) is 0 Å². The molecule has 1 heterocycles. The molecule has 1 saturated heterocycles. The second kappa shape index (κ2) is 3.59. The van der Waals surface area contributed by atoms with Gasteiger partial charge in [-0.05, 0) is 6.42 Å². The molecule has 62 valence electrons. The summed E-state index contributed by atoms with van der Waals surface area (Å²) in [5.74, 6) is -0.972.